The zero-order valence-corrected chi connectivity index (χ0v) is 16.5. The first kappa shape index (κ1) is 20.6. The van der Waals surface area contributed by atoms with Gasteiger partial charge in [-0.05, 0) is 12.1 Å². The molecule has 0 saturated carbocycles. The van der Waals surface area contributed by atoms with Crippen LogP contribution < -0.4 is 10.6 Å². The molecule has 0 saturated heterocycles. The van der Waals surface area contributed by atoms with E-state index in [0.29, 0.717) is 61.4 Å². The number of aromatic nitrogens is 2. The summed E-state index contributed by atoms with van der Waals surface area (Å²) in [6, 6.07) is 9.08. The Morgan fingerprint density at radius 2 is 2.14 bits per heavy atom. The van der Waals surface area contributed by atoms with Crippen molar-refractivity contribution in [2.45, 2.75) is 19.5 Å². The number of carbonyl (C=O) groups is 2. The molecule has 1 aliphatic rings. The monoisotopic (exact) mass is 412 g/mol. The van der Waals surface area contributed by atoms with Crippen LogP contribution in [0.2, 0.25) is 5.02 Å². The van der Waals surface area contributed by atoms with Gasteiger partial charge in [-0.3, -0.25) is 9.59 Å². The minimum atomic E-state index is -0.292. The number of para-hydroxylation sites is 1. The molecule has 0 unspecified atom stereocenters. The normalized spacial score (nSPS) is 13.2. The van der Waals surface area contributed by atoms with Crippen LogP contribution in [0.25, 0.3) is 0 Å². The fourth-order valence-electron chi connectivity index (χ4n) is 2.97. The Kier molecular flexibility index (Phi) is 7.00. The van der Waals surface area contributed by atoms with Crippen LogP contribution in [-0.4, -0.2) is 45.9 Å². The molecule has 2 amide bonds. The van der Waals surface area contributed by atoms with E-state index in [9.17, 15) is 9.59 Å². The van der Waals surface area contributed by atoms with Crippen molar-refractivity contribution in [1.29, 1.82) is 5.26 Å². The van der Waals surface area contributed by atoms with Crippen LogP contribution in [0.4, 0.5) is 5.69 Å². The van der Waals surface area contributed by atoms with Crippen LogP contribution >= 0.6 is 11.6 Å². The summed E-state index contributed by atoms with van der Waals surface area (Å²) in [5, 5.41) is 14.8. The number of hydrogen-bond donors (Lipinski definition) is 2. The average Bonchev–Trinajstić information content (AvgIpc) is 3.15. The van der Waals surface area contributed by atoms with Gasteiger partial charge in [-0.1, -0.05) is 29.8 Å². The van der Waals surface area contributed by atoms with Crippen LogP contribution in [0.1, 0.15) is 22.7 Å². The summed E-state index contributed by atoms with van der Waals surface area (Å²) in [6.45, 7) is 2.43. The van der Waals surface area contributed by atoms with Crippen LogP contribution in [0.5, 0.6) is 0 Å². The Labute approximate surface area is 173 Å². The second-order valence-electron chi connectivity index (χ2n) is 6.42. The van der Waals surface area contributed by atoms with Gasteiger partial charge in [-0.15, -0.1) is 0 Å². The third kappa shape index (κ3) is 5.22. The number of rotatable bonds is 7. The molecular formula is C20H21ClN6O2. The summed E-state index contributed by atoms with van der Waals surface area (Å²) in [4.78, 5) is 31.0. The van der Waals surface area contributed by atoms with Gasteiger partial charge in [0.15, 0.2) is 0 Å². The highest BCUT2D eigenvalue weighted by Crippen LogP contribution is 2.22. The van der Waals surface area contributed by atoms with Gasteiger partial charge in [-0.2, -0.15) is 5.26 Å². The van der Waals surface area contributed by atoms with Gasteiger partial charge in [0.05, 0.1) is 29.5 Å². The van der Waals surface area contributed by atoms with E-state index in [-0.39, 0.29) is 11.8 Å². The summed E-state index contributed by atoms with van der Waals surface area (Å²) in [5.41, 5.74) is 0.972. The first-order valence-corrected chi connectivity index (χ1v) is 9.61. The van der Waals surface area contributed by atoms with Crippen molar-refractivity contribution in [3.8, 4) is 6.07 Å². The summed E-state index contributed by atoms with van der Waals surface area (Å²) >= 11 is 6.10. The number of fused-ring (bicyclic) bond motifs is 1. The summed E-state index contributed by atoms with van der Waals surface area (Å²) in [7, 11) is 0. The second-order valence-corrected chi connectivity index (χ2v) is 6.83. The Hall–Kier alpha value is -3.15. The van der Waals surface area contributed by atoms with Gasteiger partial charge < -0.3 is 20.1 Å². The van der Waals surface area contributed by atoms with E-state index in [0.717, 1.165) is 0 Å². The Balaban J connectivity index is 1.58. The Morgan fingerprint density at radius 3 is 2.93 bits per heavy atom. The zero-order valence-electron chi connectivity index (χ0n) is 15.8. The highest BCUT2D eigenvalue weighted by molar-refractivity contribution is 6.33. The molecule has 1 aromatic heterocycles. The van der Waals surface area contributed by atoms with Gasteiger partial charge in [0, 0.05) is 38.7 Å². The first-order chi connectivity index (χ1) is 14.1. The summed E-state index contributed by atoms with van der Waals surface area (Å²) in [5.74, 6) is 0.262. The van der Waals surface area contributed by atoms with Gasteiger partial charge in [0.2, 0.25) is 5.91 Å². The Morgan fingerprint density at radius 1 is 1.31 bits per heavy atom. The molecular weight excluding hydrogens is 392 g/mol. The third-order valence-electron chi connectivity index (χ3n) is 4.47. The Bertz CT molecular complexity index is 962. The predicted octanol–water partition coefficient (Wildman–Crippen LogP) is 2.19. The average molecular weight is 413 g/mol. The van der Waals surface area contributed by atoms with Crippen LogP contribution in [-0.2, 0) is 17.9 Å². The molecule has 3 rings (SSSR count). The SMILES string of the molecule is N#CCCNC/C=C/C(=O)N1CCn2c(C(=O)Nc3ccccc3Cl)cnc2C1. The number of nitrogens with one attached hydrogen (secondary N) is 2. The van der Waals surface area contributed by atoms with Crippen molar-refractivity contribution in [2.24, 2.45) is 0 Å². The number of imidazole rings is 1. The maximum atomic E-state index is 12.6. The molecule has 9 heteroatoms. The molecule has 0 fully saturated rings. The molecule has 2 heterocycles. The van der Waals surface area contributed by atoms with Gasteiger partial charge >= 0.3 is 0 Å². The van der Waals surface area contributed by atoms with E-state index >= 15 is 0 Å². The first-order valence-electron chi connectivity index (χ1n) is 9.23. The molecule has 0 radical (unpaired) electrons. The smallest absolute Gasteiger partial charge is 0.273 e. The van der Waals surface area contributed by atoms with E-state index in [1.807, 2.05) is 10.6 Å². The van der Waals surface area contributed by atoms with Crippen molar-refractivity contribution in [3.63, 3.8) is 0 Å². The number of hydrogen-bond acceptors (Lipinski definition) is 5. The zero-order chi connectivity index (χ0) is 20.6. The summed E-state index contributed by atoms with van der Waals surface area (Å²) < 4.78 is 1.82. The highest BCUT2D eigenvalue weighted by Gasteiger charge is 2.24. The van der Waals surface area contributed by atoms with E-state index in [1.165, 1.54) is 12.3 Å². The van der Waals surface area contributed by atoms with Crippen molar-refractivity contribution >= 4 is 29.1 Å². The molecule has 29 heavy (non-hydrogen) atoms. The third-order valence-corrected chi connectivity index (χ3v) is 4.80. The minimum absolute atomic E-state index is 0.108. The maximum Gasteiger partial charge on any atom is 0.273 e. The molecule has 0 aliphatic carbocycles. The molecule has 8 nitrogen and oxygen atoms in total. The number of nitrogens with zero attached hydrogens (tertiary/aromatic N) is 4. The molecule has 1 aliphatic heterocycles. The van der Waals surface area contributed by atoms with E-state index in [4.69, 9.17) is 16.9 Å². The molecule has 2 N–H and O–H groups in total. The molecule has 0 spiro atoms. The van der Waals surface area contributed by atoms with Crippen molar-refractivity contribution in [3.05, 3.63) is 59.2 Å². The molecule has 0 atom stereocenters. The molecule has 150 valence electrons. The lowest BCUT2D eigenvalue weighted by atomic mass is 10.3. The lowest BCUT2D eigenvalue weighted by molar-refractivity contribution is -0.127. The molecule has 1 aromatic carbocycles. The highest BCUT2D eigenvalue weighted by atomic mass is 35.5. The van der Waals surface area contributed by atoms with Gasteiger partial charge in [-0.25, -0.2) is 4.98 Å². The lowest BCUT2D eigenvalue weighted by Crippen LogP contribution is -2.38. The number of carbonyl (C=O) groups excluding carboxylic acids is 2. The molecule has 2 aromatic rings. The fourth-order valence-corrected chi connectivity index (χ4v) is 3.16. The fraction of sp³-hybridized carbons (Fsp3) is 0.300. The molecule has 0 bridgehead atoms. The lowest BCUT2D eigenvalue weighted by Gasteiger charge is -2.27. The van der Waals surface area contributed by atoms with Crippen molar-refractivity contribution < 1.29 is 9.59 Å². The number of amides is 2. The minimum Gasteiger partial charge on any atom is -0.330 e. The van der Waals surface area contributed by atoms with Crippen molar-refractivity contribution in [1.82, 2.24) is 19.8 Å². The number of nitriles is 1. The predicted molar refractivity (Wildman–Crippen MR) is 109 cm³/mol. The topological polar surface area (TPSA) is 103 Å². The van der Waals surface area contributed by atoms with Gasteiger partial charge in [0.1, 0.15) is 11.5 Å². The van der Waals surface area contributed by atoms with E-state index in [1.54, 1.807) is 35.2 Å². The van der Waals surface area contributed by atoms with E-state index < -0.39 is 0 Å². The number of anilines is 1. The van der Waals surface area contributed by atoms with Crippen molar-refractivity contribution in [2.75, 3.05) is 25.0 Å². The maximum absolute atomic E-state index is 12.6. The standard InChI is InChI=1S/C20H21ClN6O2/c21-15-5-1-2-6-16(15)25-20(29)17-13-24-18-14-26(11-12-27(17)18)19(28)7-3-9-23-10-4-8-22/h1-3,5-7,13,23H,4,9-12,14H2,(H,25,29)/b7-3+. The van der Waals surface area contributed by atoms with Gasteiger partial charge in [0.25, 0.3) is 5.91 Å². The van der Waals surface area contributed by atoms with E-state index in [2.05, 4.69) is 15.6 Å². The van der Waals surface area contributed by atoms with Crippen LogP contribution in [0.15, 0.2) is 42.6 Å². The second kappa shape index (κ2) is 9.87. The number of benzene rings is 1. The summed E-state index contributed by atoms with van der Waals surface area (Å²) in [6.07, 6.45) is 5.21. The largest absolute Gasteiger partial charge is 0.330 e. The van der Waals surface area contributed by atoms with Crippen LogP contribution in [0.3, 0.4) is 0 Å². The number of halogens is 1. The quantitative estimate of drug-likeness (QED) is 0.536. The van der Waals surface area contributed by atoms with Crippen LogP contribution in [0, 0.1) is 11.3 Å².